The molecule has 17 heavy (non-hydrogen) atoms. The molecule has 0 aliphatic heterocycles. The second-order valence-corrected chi connectivity index (χ2v) is 4.17. The van der Waals surface area contributed by atoms with E-state index in [9.17, 15) is 9.90 Å². The fourth-order valence-corrected chi connectivity index (χ4v) is 2.19. The van der Waals surface area contributed by atoms with Crippen LogP contribution in [0.4, 0.5) is 0 Å². The second kappa shape index (κ2) is 4.60. The minimum atomic E-state index is -0.758. The summed E-state index contributed by atoms with van der Waals surface area (Å²) in [5, 5.41) is 9.82. The van der Waals surface area contributed by atoms with Gasteiger partial charge in [-0.15, -0.1) is 12.3 Å². The van der Waals surface area contributed by atoms with Crippen LogP contribution in [0.5, 0.6) is 5.75 Å². The Bertz CT molecular complexity index is 485. The summed E-state index contributed by atoms with van der Waals surface area (Å²) < 4.78 is 5.08. The van der Waals surface area contributed by atoms with Crippen molar-refractivity contribution in [1.29, 1.82) is 0 Å². The molecule has 1 aromatic carbocycles. The summed E-state index contributed by atoms with van der Waals surface area (Å²) in [5.41, 5.74) is 1.60. The highest BCUT2D eigenvalue weighted by molar-refractivity contribution is 6.02. The summed E-state index contributed by atoms with van der Waals surface area (Å²) in [7, 11) is 1.56. The fraction of sp³-hybridized carbons (Fsp3) is 0.357. The molecular weight excluding hydrogens is 216 g/mol. The molecular formula is C14H14O3. The molecule has 0 fully saturated rings. The van der Waals surface area contributed by atoms with E-state index in [0.717, 1.165) is 5.56 Å². The third-order valence-corrected chi connectivity index (χ3v) is 3.15. The Morgan fingerprint density at radius 2 is 2.41 bits per heavy atom. The summed E-state index contributed by atoms with van der Waals surface area (Å²) in [6, 6.07) is 5.41. The number of hydrogen-bond acceptors (Lipinski definition) is 3. The van der Waals surface area contributed by atoms with Crippen LogP contribution >= 0.6 is 0 Å². The zero-order valence-corrected chi connectivity index (χ0v) is 9.64. The van der Waals surface area contributed by atoms with Gasteiger partial charge in [0.25, 0.3) is 0 Å². The van der Waals surface area contributed by atoms with Crippen LogP contribution in [0.2, 0.25) is 0 Å². The first-order valence-electron chi connectivity index (χ1n) is 5.50. The van der Waals surface area contributed by atoms with Gasteiger partial charge in [0.05, 0.1) is 19.1 Å². The summed E-state index contributed by atoms with van der Waals surface area (Å²) in [6.45, 7) is 0. The molecule has 0 bridgehead atoms. The quantitative estimate of drug-likeness (QED) is 0.799. The smallest absolute Gasteiger partial charge is 0.169 e. The van der Waals surface area contributed by atoms with Crippen molar-refractivity contribution in [3.8, 4) is 18.1 Å². The maximum Gasteiger partial charge on any atom is 0.169 e. The van der Waals surface area contributed by atoms with Crippen molar-refractivity contribution in [1.82, 2.24) is 0 Å². The van der Waals surface area contributed by atoms with E-state index >= 15 is 0 Å². The Balaban J connectivity index is 2.27. The largest absolute Gasteiger partial charge is 0.497 e. The van der Waals surface area contributed by atoms with Gasteiger partial charge in [0.15, 0.2) is 5.78 Å². The molecule has 88 valence electrons. The molecule has 3 nitrogen and oxygen atoms in total. The second-order valence-electron chi connectivity index (χ2n) is 4.17. The molecule has 0 saturated heterocycles. The SMILES string of the molecule is C#CCC(O)C1Cc2ccc(OC)cc2C1=O. The number of hydrogen-bond donors (Lipinski definition) is 1. The number of terminal acetylenes is 1. The molecule has 0 amide bonds. The van der Waals surface area contributed by atoms with Crippen molar-refractivity contribution in [2.75, 3.05) is 7.11 Å². The van der Waals surface area contributed by atoms with Crippen LogP contribution in [0.15, 0.2) is 18.2 Å². The van der Waals surface area contributed by atoms with Gasteiger partial charge in [-0.1, -0.05) is 6.07 Å². The topological polar surface area (TPSA) is 46.5 Å². The van der Waals surface area contributed by atoms with Crippen molar-refractivity contribution in [3.63, 3.8) is 0 Å². The molecule has 1 aliphatic carbocycles. The van der Waals surface area contributed by atoms with Gasteiger partial charge >= 0.3 is 0 Å². The highest BCUT2D eigenvalue weighted by Crippen LogP contribution is 2.32. The number of benzene rings is 1. The van der Waals surface area contributed by atoms with Crippen molar-refractivity contribution >= 4 is 5.78 Å². The number of aliphatic hydroxyl groups is 1. The third-order valence-electron chi connectivity index (χ3n) is 3.15. The number of rotatable bonds is 3. The average molecular weight is 230 g/mol. The monoisotopic (exact) mass is 230 g/mol. The highest BCUT2D eigenvalue weighted by atomic mass is 16.5. The molecule has 0 radical (unpaired) electrons. The van der Waals surface area contributed by atoms with Crippen LogP contribution in [0.3, 0.4) is 0 Å². The van der Waals surface area contributed by atoms with Crippen molar-refractivity contribution in [3.05, 3.63) is 29.3 Å². The van der Waals surface area contributed by atoms with Gasteiger partial charge in [0, 0.05) is 12.0 Å². The summed E-state index contributed by atoms with van der Waals surface area (Å²) >= 11 is 0. The molecule has 0 spiro atoms. The Labute approximate surface area is 100 Å². The van der Waals surface area contributed by atoms with Gasteiger partial charge in [-0.2, -0.15) is 0 Å². The average Bonchev–Trinajstić information content (AvgIpc) is 2.67. The Hall–Kier alpha value is -1.79. The highest BCUT2D eigenvalue weighted by Gasteiger charge is 2.35. The van der Waals surface area contributed by atoms with Crippen LogP contribution in [0.25, 0.3) is 0 Å². The predicted octanol–water partition coefficient (Wildman–Crippen LogP) is 1.43. The number of carbonyl (C=O) groups excluding carboxylic acids is 1. The lowest BCUT2D eigenvalue weighted by Crippen LogP contribution is -2.25. The lowest BCUT2D eigenvalue weighted by molar-refractivity contribution is 0.0725. The van der Waals surface area contributed by atoms with Crippen LogP contribution in [-0.2, 0) is 6.42 Å². The first kappa shape index (κ1) is 11.7. The molecule has 2 atom stereocenters. The van der Waals surface area contributed by atoms with Gasteiger partial charge in [0.1, 0.15) is 5.75 Å². The Kier molecular flexibility index (Phi) is 3.16. The van der Waals surface area contributed by atoms with E-state index in [1.807, 2.05) is 12.1 Å². The number of Topliss-reactive ketones (excluding diaryl/α,β-unsaturated/α-hetero) is 1. The predicted molar refractivity (Wildman–Crippen MR) is 64.0 cm³/mol. The molecule has 1 aromatic rings. The van der Waals surface area contributed by atoms with E-state index in [4.69, 9.17) is 11.2 Å². The lowest BCUT2D eigenvalue weighted by atomic mass is 9.96. The summed E-state index contributed by atoms with van der Waals surface area (Å²) in [4.78, 5) is 12.1. The number of ketones is 1. The molecule has 0 heterocycles. The van der Waals surface area contributed by atoms with E-state index in [-0.39, 0.29) is 12.2 Å². The number of carbonyl (C=O) groups is 1. The van der Waals surface area contributed by atoms with Gasteiger partial charge < -0.3 is 9.84 Å². The standard InChI is InChI=1S/C14H14O3/c1-3-4-13(15)12-7-9-5-6-10(17-2)8-11(9)14(12)16/h1,5-6,8,12-13,15H,4,7H2,2H3. The molecule has 0 saturated carbocycles. The fourth-order valence-electron chi connectivity index (χ4n) is 2.19. The molecule has 2 rings (SSSR count). The minimum Gasteiger partial charge on any atom is -0.497 e. The van der Waals surface area contributed by atoms with E-state index in [1.54, 1.807) is 13.2 Å². The van der Waals surface area contributed by atoms with Gasteiger partial charge in [-0.25, -0.2) is 0 Å². The van der Waals surface area contributed by atoms with Crippen LogP contribution in [-0.4, -0.2) is 24.1 Å². The molecule has 1 N–H and O–H groups in total. The van der Waals surface area contributed by atoms with E-state index in [0.29, 0.717) is 17.7 Å². The van der Waals surface area contributed by atoms with Gasteiger partial charge in [0.2, 0.25) is 0 Å². The minimum absolute atomic E-state index is 0.0401. The Morgan fingerprint density at radius 3 is 3.06 bits per heavy atom. The molecule has 1 aliphatic rings. The summed E-state index contributed by atoms with van der Waals surface area (Å²) in [6.07, 6.45) is 5.16. The third kappa shape index (κ3) is 2.04. The van der Waals surface area contributed by atoms with Crippen molar-refractivity contribution in [2.24, 2.45) is 5.92 Å². The van der Waals surface area contributed by atoms with Crippen molar-refractivity contribution in [2.45, 2.75) is 18.9 Å². The van der Waals surface area contributed by atoms with E-state index in [2.05, 4.69) is 5.92 Å². The first-order chi connectivity index (χ1) is 8.17. The zero-order chi connectivity index (χ0) is 12.4. The van der Waals surface area contributed by atoms with Gasteiger partial charge in [-0.3, -0.25) is 4.79 Å². The normalized spacial score (nSPS) is 19.6. The number of fused-ring (bicyclic) bond motifs is 1. The maximum absolute atomic E-state index is 12.1. The summed E-state index contributed by atoms with van der Waals surface area (Å²) in [5.74, 6) is 2.59. The Morgan fingerprint density at radius 1 is 1.65 bits per heavy atom. The lowest BCUT2D eigenvalue weighted by Gasteiger charge is -2.13. The number of ether oxygens (including phenoxy) is 1. The number of aliphatic hydroxyl groups excluding tert-OH is 1. The molecule has 2 unspecified atom stereocenters. The zero-order valence-electron chi connectivity index (χ0n) is 9.64. The van der Waals surface area contributed by atoms with E-state index in [1.165, 1.54) is 0 Å². The first-order valence-corrected chi connectivity index (χ1v) is 5.50. The van der Waals surface area contributed by atoms with Crippen molar-refractivity contribution < 1.29 is 14.6 Å². The van der Waals surface area contributed by atoms with Crippen LogP contribution < -0.4 is 4.74 Å². The van der Waals surface area contributed by atoms with Crippen LogP contribution in [0.1, 0.15) is 22.3 Å². The number of methoxy groups -OCH3 is 1. The molecule has 0 aromatic heterocycles. The van der Waals surface area contributed by atoms with Crippen LogP contribution in [0, 0.1) is 18.3 Å². The maximum atomic E-state index is 12.1. The van der Waals surface area contributed by atoms with Gasteiger partial charge in [-0.05, 0) is 24.1 Å². The van der Waals surface area contributed by atoms with E-state index < -0.39 is 12.0 Å². The molecule has 3 heteroatoms.